The van der Waals surface area contributed by atoms with Crippen molar-refractivity contribution in [3.63, 3.8) is 0 Å². The Morgan fingerprint density at radius 3 is 2.13 bits per heavy atom. The van der Waals surface area contributed by atoms with Gasteiger partial charge < -0.3 is 0 Å². The molecule has 0 saturated heterocycles. The molecule has 2 fully saturated rings. The van der Waals surface area contributed by atoms with Crippen LogP contribution in [0.25, 0.3) is 0 Å². The summed E-state index contributed by atoms with van der Waals surface area (Å²) >= 11 is 0. The number of allylic oxidation sites excluding steroid dienone is 2. The second-order valence-corrected chi connectivity index (χ2v) is 4.47. The Hall–Kier alpha value is -1.13. The van der Waals surface area contributed by atoms with Crippen LogP contribution in [0.2, 0.25) is 0 Å². The number of aromatic nitrogens is 2. The van der Waals surface area contributed by atoms with Crippen molar-refractivity contribution in [1.29, 1.82) is 0 Å². The summed E-state index contributed by atoms with van der Waals surface area (Å²) in [5, 5.41) is 0. The average Bonchev–Trinajstić information content (AvgIpc) is 3.20. The van der Waals surface area contributed by atoms with Crippen LogP contribution in [0.4, 0.5) is 4.39 Å². The molecule has 118 valence electrons. The molecule has 0 aliphatic heterocycles. The summed E-state index contributed by atoms with van der Waals surface area (Å²) in [5.41, 5.74) is -1.62. The molecular weight excluding hydrogens is 339 g/mol. The van der Waals surface area contributed by atoms with E-state index in [-0.39, 0.29) is 23.6 Å². The van der Waals surface area contributed by atoms with E-state index in [9.17, 15) is 14.0 Å². The van der Waals surface area contributed by atoms with Gasteiger partial charge in [0.15, 0.2) is 0 Å². The van der Waals surface area contributed by atoms with E-state index in [0.717, 1.165) is 16.7 Å². The zero-order chi connectivity index (χ0) is 15.8. The molecule has 2 aliphatic carbocycles. The van der Waals surface area contributed by atoms with Crippen LogP contribution in [0.1, 0.15) is 0 Å². The molecule has 1 aromatic rings. The summed E-state index contributed by atoms with van der Waals surface area (Å²) in [6.07, 6.45) is 22.0. The Morgan fingerprint density at radius 2 is 1.57 bits per heavy atom. The number of halogens is 1. The first-order valence-corrected chi connectivity index (χ1v) is 6.71. The Labute approximate surface area is 146 Å². The third kappa shape index (κ3) is 6.88. The second kappa shape index (κ2) is 10.6. The monoisotopic (exact) mass is 354 g/mol. The van der Waals surface area contributed by atoms with Gasteiger partial charge in [0, 0.05) is 12.5 Å². The Balaban J connectivity index is 0.000000377. The number of aromatic amines is 1. The summed E-state index contributed by atoms with van der Waals surface area (Å²) < 4.78 is 14.0. The Morgan fingerprint density at radius 1 is 1.00 bits per heavy atom. The van der Waals surface area contributed by atoms with Gasteiger partial charge in [-0.25, -0.2) is 4.79 Å². The number of rotatable bonds is 3. The summed E-state index contributed by atoms with van der Waals surface area (Å²) in [6.45, 7) is 0.206. The largest absolute Gasteiger partial charge is 2.00 e. The van der Waals surface area contributed by atoms with Crippen molar-refractivity contribution in [1.82, 2.24) is 9.55 Å². The van der Waals surface area contributed by atoms with Crippen molar-refractivity contribution in [3.8, 4) is 0 Å². The predicted octanol–water partition coefficient (Wildman–Crippen LogP) is 1.66. The number of H-pyrrole nitrogens is 1. The Bertz CT molecular complexity index is 592. The zero-order valence-electron chi connectivity index (χ0n) is 12.1. The maximum atomic E-state index is 12.9. The minimum atomic E-state index is -0.994. The first-order chi connectivity index (χ1) is 10.7. The molecule has 0 unspecified atom stereocenters. The van der Waals surface area contributed by atoms with Crippen LogP contribution in [0.5, 0.6) is 0 Å². The van der Waals surface area contributed by atoms with Gasteiger partial charge in [-0.2, -0.15) is 4.39 Å². The van der Waals surface area contributed by atoms with Crippen LogP contribution in [0.3, 0.4) is 0 Å². The standard InChI is InChI=1S/C12H10FN2O2.C5H5.Fe/c13-10-8-15(12(17)14-11(10)16)7-3-6-9-4-1-2-5-9;1-2-4-5-3-1;/h1-6,8H,7H2,(H,14,16,17);1-5H;/q;;+2/b6-3+;;. The van der Waals surface area contributed by atoms with Crippen molar-refractivity contribution >= 4 is 0 Å². The van der Waals surface area contributed by atoms with Gasteiger partial charge in [0.05, 0.1) is 6.20 Å². The van der Waals surface area contributed by atoms with E-state index in [4.69, 9.17) is 0 Å². The van der Waals surface area contributed by atoms with Crippen LogP contribution in [-0.2, 0) is 23.6 Å². The molecule has 2 aliphatic rings. The molecule has 1 heterocycles. The SMILES string of the molecule is O=c1[nH]c(=O)n(C/C=C/[C]2[CH][CH][CH][CH]2)cc1F.[CH]1[CH][CH][CH][CH]1.[Fe+2]. The molecule has 0 amide bonds. The fourth-order valence-corrected chi connectivity index (χ4v) is 1.74. The van der Waals surface area contributed by atoms with Gasteiger partial charge in [-0.3, -0.25) is 14.3 Å². The zero-order valence-corrected chi connectivity index (χ0v) is 13.2. The summed E-state index contributed by atoms with van der Waals surface area (Å²) in [4.78, 5) is 24.0. The van der Waals surface area contributed by atoms with Crippen molar-refractivity contribution in [2.45, 2.75) is 6.54 Å². The molecule has 3 rings (SSSR count). The molecule has 4 nitrogen and oxygen atoms in total. The minimum Gasteiger partial charge on any atom is -0.294 e. The quantitative estimate of drug-likeness (QED) is 0.840. The van der Waals surface area contributed by atoms with Crippen LogP contribution >= 0.6 is 0 Å². The summed E-state index contributed by atoms with van der Waals surface area (Å²) in [5.74, 6) is 0.0363. The van der Waals surface area contributed by atoms with E-state index >= 15 is 0 Å². The Kier molecular flexibility index (Phi) is 9.19. The second-order valence-electron chi connectivity index (χ2n) is 4.47. The first-order valence-electron chi connectivity index (χ1n) is 6.71. The van der Waals surface area contributed by atoms with Crippen LogP contribution < -0.4 is 11.2 Å². The summed E-state index contributed by atoms with van der Waals surface area (Å²) in [7, 11) is 0. The molecule has 1 aromatic heterocycles. The van der Waals surface area contributed by atoms with Gasteiger partial charge in [0.2, 0.25) is 5.82 Å². The van der Waals surface area contributed by atoms with Crippen molar-refractivity contribution in [2.24, 2.45) is 0 Å². The molecule has 0 atom stereocenters. The molecule has 2 saturated carbocycles. The van der Waals surface area contributed by atoms with E-state index < -0.39 is 17.1 Å². The van der Waals surface area contributed by atoms with Crippen LogP contribution in [0.15, 0.2) is 27.9 Å². The number of nitrogens with one attached hydrogen (secondary N) is 1. The summed E-state index contributed by atoms with van der Waals surface area (Å²) in [6, 6.07) is 0. The van der Waals surface area contributed by atoms with E-state index in [0.29, 0.717) is 0 Å². The maximum Gasteiger partial charge on any atom is 2.00 e. The van der Waals surface area contributed by atoms with Crippen LogP contribution in [-0.4, -0.2) is 9.55 Å². The smallest absolute Gasteiger partial charge is 0.294 e. The molecule has 1 N–H and O–H groups in total. The van der Waals surface area contributed by atoms with E-state index in [1.807, 2.05) is 68.8 Å². The number of nitrogens with zero attached hydrogens (tertiary/aromatic N) is 1. The molecule has 10 radical (unpaired) electrons. The van der Waals surface area contributed by atoms with Gasteiger partial charge in [-0.1, -0.05) is 12.2 Å². The first kappa shape index (κ1) is 19.9. The molecular formula is C17H15FFeN2O2+2. The van der Waals surface area contributed by atoms with E-state index in [1.54, 1.807) is 6.08 Å². The van der Waals surface area contributed by atoms with Gasteiger partial charge in [-0.05, 0) is 57.8 Å². The van der Waals surface area contributed by atoms with Crippen molar-refractivity contribution in [3.05, 3.63) is 109 Å². The minimum absolute atomic E-state index is 0. The average molecular weight is 354 g/mol. The maximum absolute atomic E-state index is 12.9. The number of hydrogen-bond donors (Lipinski definition) is 1. The van der Waals surface area contributed by atoms with Gasteiger partial charge in [-0.15, -0.1) is 0 Å². The molecule has 0 spiro atoms. The van der Waals surface area contributed by atoms with Crippen molar-refractivity contribution < 1.29 is 21.5 Å². The molecule has 6 heteroatoms. The normalized spacial score (nSPS) is 17.8. The molecule has 23 heavy (non-hydrogen) atoms. The number of hydrogen-bond acceptors (Lipinski definition) is 2. The van der Waals surface area contributed by atoms with Gasteiger partial charge in [0.1, 0.15) is 0 Å². The molecule has 0 bridgehead atoms. The van der Waals surface area contributed by atoms with Crippen LogP contribution in [0, 0.1) is 69.5 Å². The van der Waals surface area contributed by atoms with Crippen molar-refractivity contribution in [2.75, 3.05) is 0 Å². The fraction of sp³-hybridized carbons (Fsp3) is 0.0588. The molecule has 0 aromatic carbocycles. The van der Waals surface area contributed by atoms with E-state index in [1.165, 1.54) is 0 Å². The van der Waals surface area contributed by atoms with Gasteiger partial charge in [0.25, 0.3) is 5.56 Å². The van der Waals surface area contributed by atoms with E-state index in [2.05, 4.69) is 0 Å². The third-order valence-corrected chi connectivity index (χ3v) is 2.82. The fourth-order valence-electron chi connectivity index (χ4n) is 1.74. The predicted molar refractivity (Wildman–Crippen MR) is 82.4 cm³/mol. The topological polar surface area (TPSA) is 54.9 Å². The third-order valence-electron chi connectivity index (χ3n) is 2.82. The van der Waals surface area contributed by atoms with Gasteiger partial charge >= 0.3 is 22.8 Å².